The minimum Gasteiger partial charge on any atom is -0.382 e. The first-order valence-electron chi connectivity index (χ1n) is 8.35. The summed E-state index contributed by atoms with van der Waals surface area (Å²) in [5, 5.41) is 3.72. The number of nitrogens with one attached hydrogen (secondary N) is 1. The van der Waals surface area contributed by atoms with Crippen LogP contribution in [0, 0.1) is 0 Å². The van der Waals surface area contributed by atoms with Crippen molar-refractivity contribution in [2.75, 3.05) is 5.32 Å². The van der Waals surface area contributed by atoms with E-state index in [1.54, 1.807) is 0 Å². The maximum absolute atomic E-state index is 6.46. The third kappa shape index (κ3) is 2.35. The average Bonchev–Trinajstić information content (AvgIpc) is 3.09. The van der Waals surface area contributed by atoms with Gasteiger partial charge in [0.05, 0.1) is 11.7 Å². The third-order valence-corrected chi connectivity index (χ3v) is 5.54. The maximum Gasteiger partial charge on any atom is 0.0687 e. The largest absolute Gasteiger partial charge is 0.382 e. The third-order valence-electron chi connectivity index (χ3n) is 5.54. The van der Waals surface area contributed by atoms with E-state index < -0.39 is 0 Å². The fourth-order valence-electron chi connectivity index (χ4n) is 4.44. The monoisotopic (exact) mass is 271 g/mol. The van der Waals surface area contributed by atoms with Crippen molar-refractivity contribution >= 4 is 5.69 Å². The van der Waals surface area contributed by atoms with E-state index in [0.717, 1.165) is 0 Å². The summed E-state index contributed by atoms with van der Waals surface area (Å²) in [5.41, 5.74) is 3.11. The number of hydrogen-bond acceptors (Lipinski definition) is 2. The van der Waals surface area contributed by atoms with Gasteiger partial charge in [0, 0.05) is 11.7 Å². The maximum atomic E-state index is 6.46. The fourth-order valence-corrected chi connectivity index (χ4v) is 4.44. The first-order chi connectivity index (χ1) is 9.83. The minimum atomic E-state index is 0.289. The second-order valence-corrected chi connectivity index (χ2v) is 6.94. The Kier molecular flexibility index (Phi) is 3.22. The quantitative estimate of drug-likeness (QED) is 0.866. The normalized spacial score (nSPS) is 31.2. The van der Waals surface area contributed by atoms with Crippen molar-refractivity contribution in [3.63, 3.8) is 0 Å². The van der Waals surface area contributed by atoms with Gasteiger partial charge in [-0.3, -0.25) is 0 Å². The molecule has 1 N–H and O–H groups in total. The van der Waals surface area contributed by atoms with Crippen LogP contribution in [0.4, 0.5) is 5.69 Å². The Bertz CT molecular complexity index is 478. The van der Waals surface area contributed by atoms with Crippen LogP contribution >= 0.6 is 0 Å². The molecule has 1 aliphatic carbocycles. The van der Waals surface area contributed by atoms with E-state index in [1.165, 1.54) is 69.0 Å². The molecule has 20 heavy (non-hydrogen) atoms. The molecule has 0 aromatic heterocycles. The summed E-state index contributed by atoms with van der Waals surface area (Å²) in [5.74, 6) is 0. The van der Waals surface area contributed by atoms with Crippen LogP contribution in [0.2, 0.25) is 0 Å². The van der Waals surface area contributed by atoms with Crippen molar-refractivity contribution in [3.8, 4) is 0 Å². The zero-order chi connectivity index (χ0) is 13.4. The van der Waals surface area contributed by atoms with Gasteiger partial charge in [-0.25, -0.2) is 0 Å². The molecule has 1 aromatic rings. The molecule has 1 saturated heterocycles. The summed E-state index contributed by atoms with van der Waals surface area (Å²) in [6, 6.07) is 9.35. The predicted molar refractivity (Wildman–Crippen MR) is 82.1 cm³/mol. The second-order valence-electron chi connectivity index (χ2n) is 6.94. The highest BCUT2D eigenvalue weighted by atomic mass is 16.5. The van der Waals surface area contributed by atoms with Crippen LogP contribution in [0.3, 0.4) is 0 Å². The number of hydrogen-bond donors (Lipinski definition) is 1. The first-order valence-corrected chi connectivity index (χ1v) is 8.35. The van der Waals surface area contributed by atoms with Crippen LogP contribution in [-0.2, 0) is 11.2 Å². The highest BCUT2D eigenvalue weighted by Crippen LogP contribution is 2.44. The molecule has 2 aliphatic heterocycles. The van der Waals surface area contributed by atoms with Gasteiger partial charge in [-0.05, 0) is 56.6 Å². The number of para-hydroxylation sites is 1. The summed E-state index contributed by atoms with van der Waals surface area (Å²) in [7, 11) is 0. The smallest absolute Gasteiger partial charge is 0.0687 e. The summed E-state index contributed by atoms with van der Waals surface area (Å²) < 4.78 is 6.46. The number of rotatable bonds is 2. The molecule has 2 heterocycles. The van der Waals surface area contributed by atoms with Gasteiger partial charge < -0.3 is 10.1 Å². The van der Waals surface area contributed by atoms with Crippen molar-refractivity contribution in [1.82, 2.24) is 0 Å². The van der Waals surface area contributed by atoms with Gasteiger partial charge in [-0.15, -0.1) is 0 Å². The second kappa shape index (κ2) is 5.07. The van der Waals surface area contributed by atoms with Crippen LogP contribution in [-0.4, -0.2) is 17.7 Å². The van der Waals surface area contributed by atoms with Crippen molar-refractivity contribution < 1.29 is 4.74 Å². The van der Waals surface area contributed by atoms with E-state index in [2.05, 4.69) is 29.6 Å². The van der Waals surface area contributed by atoms with E-state index in [-0.39, 0.29) is 5.60 Å². The van der Waals surface area contributed by atoms with Gasteiger partial charge in [0.1, 0.15) is 0 Å². The predicted octanol–water partition coefficient (Wildman–Crippen LogP) is 4.30. The van der Waals surface area contributed by atoms with Crippen LogP contribution in [0.15, 0.2) is 24.3 Å². The Balaban J connectivity index is 1.37. The van der Waals surface area contributed by atoms with Crippen molar-refractivity contribution in [2.24, 2.45) is 0 Å². The van der Waals surface area contributed by atoms with E-state index in [4.69, 9.17) is 4.74 Å². The molecule has 2 atom stereocenters. The number of anilines is 1. The topological polar surface area (TPSA) is 21.3 Å². The lowest BCUT2D eigenvalue weighted by atomic mass is 9.93. The molecule has 1 spiro atoms. The highest BCUT2D eigenvalue weighted by Gasteiger charge is 2.42. The summed E-state index contributed by atoms with van der Waals surface area (Å²) in [4.78, 5) is 0. The van der Waals surface area contributed by atoms with Crippen molar-refractivity contribution in [3.05, 3.63) is 29.8 Å². The van der Waals surface area contributed by atoms with E-state index in [9.17, 15) is 0 Å². The van der Waals surface area contributed by atoms with E-state index in [1.807, 2.05) is 0 Å². The lowest BCUT2D eigenvalue weighted by Crippen LogP contribution is -2.31. The molecule has 2 heteroatoms. The summed E-state index contributed by atoms with van der Waals surface area (Å²) in [6.45, 7) is 0. The molecule has 108 valence electrons. The summed E-state index contributed by atoms with van der Waals surface area (Å²) in [6.07, 6.45) is 12.1. The van der Waals surface area contributed by atoms with Gasteiger partial charge in [-0.1, -0.05) is 31.0 Å². The number of benzene rings is 1. The standard InChI is InChI=1S/C18H25NO/c1-2-6-17-14(5-1)7-8-15(19-17)13-16-9-12-18(20-16)10-3-4-11-18/h1-2,5-6,15-16,19H,3-4,7-13H2. The summed E-state index contributed by atoms with van der Waals surface area (Å²) >= 11 is 0. The molecule has 0 bridgehead atoms. The van der Waals surface area contributed by atoms with Crippen molar-refractivity contribution in [2.45, 2.75) is 75.5 Å². The highest BCUT2D eigenvalue weighted by molar-refractivity contribution is 5.53. The molecular formula is C18H25NO. The van der Waals surface area contributed by atoms with Crippen LogP contribution < -0.4 is 5.32 Å². The van der Waals surface area contributed by atoms with Crippen LogP contribution in [0.25, 0.3) is 0 Å². The van der Waals surface area contributed by atoms with E-state index in [0.29, 0.717) is 12.1 Å². The Morgan fingerprint density at radius 3 is 2.85 bits per heavy atom. The molecule has 0 radical (unpaired) electrons. The molecule has 1 aromatic carbocycles. The van der Waals surface area contributed by atoms with Crippen molar-refractivity contribution in [1.29, 1.82) is 0 Å². The van der Waals surface area contributed by atoms with Gasteiger partial charge in [0.2, 0.25) is 0 Å². The van der Waals surface area contributed by atoms with Gasteiger partial charge >= 0.3 is 0 Å². The molecule has 4 rings (SSSR count). The Morgan fingerprint density at radius 1 is 1.10 bits per heavy atom. The number of fused-ring (bicyclic) bond motifs is 1. The van der Waals surface area contributed by atoms with E-state index >= 15 is 0 Å². The lowest BCUT2D eigenvalue weighted by Gasteiger charge is -2.30. The van der Waals surface area contributed by atoms with Gasteiger partial charge in [-0.2, -0.15) is 0 Å². The molecule has 3 aliphatic rings. The Hall–Kier alpha value is -1.02. The lowest BCUT2D eigenvalue weighted by molar-refractivity contribution is -0.0405. The zero-order valence-electron chi connectivity index (χ0n) is 12.2. The molecule has 0 amide bonds. The van der Waals surface area contributed by atoms with Crippen LogP contribution in [0.5, 0.6) is 0 Å². The first kappa shape index (κ1) is 12.7. The molecular weight excluding hydrogens is 246 g/mol. The molecule has 2 fully saturated rings. The number of ether oxygens (including phenoxy) is 1. The molecule has 1 saturated carbocycles. The minimum absolute atomic E-state index is 0.289. The fraction of sp³-hybridized carbons (Fsp3) is 0.667. The van der Waals surface area contributed by atoms with Gasteiger partial charge in [0.25, 0.3) is 0 Å². The Labute approximate surface area is 121 Å². The molecule has 2 nitrogen and oxygen atoms in total. The van der Waals surface area contributed by atoms with Gasteiger partial charge in [0.15, 0.2) is 0 Å². The average molecular weight is 271 g/mol. The number of aryl methyl sites for hydroxylation is 1. The Morgan fingerprint density at radius 2 is 1.95 bits per heavy atom. The SMILES string of the molecule is c1ccc2c(c1)CCC(CC1CCC3(CCCC3)O1)N2. The molecule has 2 unspecified atom stereocenters. The van der Waals surface area contributed by atoms with Crippen LogP contribution in [0.1, 0.15) is 56.9 Å². The zero-order valence-corrected chi connectivity index (χ0v) is 12.2.